The fraction of sp³-hybridized carbons (Fsp3) is 0.200. The minimum Gasteiger partial charge on any atom is -0.367 e. The molecular weight excluding hydrogens is 241 g/mol. The maximum atomic E-state index is 13.3. The lowest BCUT2D eigenvalue weighted by Crippen LogP contribution is -2.13. The third-order valence-corrected chi connectivity index (χ3v) is 3.05. The summed E-state index contributed by atoms with van der Waals surface area (Å²) in [5.74, 6) is 5.00. The summed E-state index contributed by atoms with van der Waals surface area (Å²) in [7, 11) is 0. The number of nitrogens with two attached hydrogens (primary N) is 1. The molecule has 0 spiro atoms. The highest BCUT2D eigenvalue weighted by Crippen LogP contribution is 2.13. The molecule has 0 amide bonds. The van der Waals surface area contributed by atoms with Crippen molar-refractivity contribution in [2.24, 2.45) is 5.84 Å². The molecule has 17 heavy (non-hydrogen) atoms. The first kappa shape index (κ1) is 11.7. The minimum absolute atomic E-state index is 0.157. The summed E-state index contributed by atoms with van der Waals surface area (Å²) in [6.45, 7) is 0.610. The SMILES string of the molecule is NNc1ncc(F)c(NCCc2cccs2)n1. The Labute approximate surface area is 102 Å². The van der Waals surface area contributed by atoms with Crippen LogP contribution in [0.15, 0.2) is 23.7 Å². The zero-order valence-electron chi connectivity index (χ0n) is 8.98. The number of nitrogens with zero attached hydrogens (tertiary/aromatic N) is 2. The highest BCUT2D eigenvalue weighted by molar-refractivity contribution is 7.09. The normalized spacial score (nSPS) is 10.2. The number of anilines is 2. The van der Waals surface area contributed by atoms with Crippen molar-refractivity contribution in [3.8, 4) is 0 Å². The van der Waals surface area contributed by atoms with Gasteiger partial charge in [0, 0.05) is 11.4 Å². The van der Waals surface area contributed by atoms with Crippen LogP contribution in [0.3, 0.4) is 0 Å². The standard InChI is InChI=1S/C10H12FN5S/c11-8-6-14-10(16-12)15-9(8)13-4-3-7-2-1-5-17-7/h1-2,5-6H,3-4,12H2,(H2,13,14,15,16). The van der Waals surface area contributed by atoms with Crippen LogP contribution in [0.25, 0.3) is 0 Å². The van der Waals surface area contributed by atoms with Crippen LogP contribution >= 0.6 is 11.3 Å². The molecule has 5 nitrogen and oxygen atoms in total. The fourth-order valence-electron chi connectivity index (χ4n) is 1.32. The number of rotatable bonds is 5. The molecule has 0 aromatic carbocycles. The maximum Gasteiger partial charge on any atom is 0.239 e. The van der Waals surface area contributed by atoms with Crippen LogP contribution < -0.4 is 16.6 Å². The van der Waals surface area contributed by atoms with Crippen molar-refractivity contribution in [1.29, 1.82) is 0 Å². The van der Waals surface area contributed by atoms with E-state index in [4.69, 9.17) is 5.84 Å². The smallest absolute Gasteiger partial charge is 0.239 e. The average molecular weight is 253 g/mol. The lowest BCUT2D eigenvalue weighted by molar-refractivity contribution is 0.617. The molecule has 2 aromatic rings. The Bertz CT molecular complexity index is 474. The molecule has 0 radical (unpaired) electrons. The molecule has 0 bridgehead atoms. The first-order valence-corrected chi connectivity index (χ1v) is 5.93. The molecule has 0 aliphatic carbocycles. The van der Waals surface area contributed by atoms with Crippen molar-refractivity contribution >= 4 is 23.1 Å². The molecule has 7 heteroatoms. The van der Waals surface area contributed by atoms with Gasteiger partial charge >= 0.3 is 0 Å². The van der Waals surface area contributed by atoms with E-state index in [1.54, 1.807) is 11.3 Å². The molecule has 0 saturated carbocycles. The third kappa shape index (κ3) is 3.11. The number of thiophene rings is 1. The fourth-order valence-corrected chi connectivity index (χ4v) is 2.03. The Morgan fingerprint density at radius 1 is 1.47 bits per heavy atom. The summed E-state index contributed by atoms with van der Waals surface area (Å²) in [6.07, 6.45) is 1.90. The molecule has 0 saturated heterocycles. The second kappa shape index (κ2) is 5.55. The summed E-state index contributed by atoms with van der Waals surface area (Å²) in [5, 5.41) is 4.92. The van der Waals surface area contributed by atoms with Gasteiger partial charge in [0.15, 0.2) is 11.6 Å². The Morgan fingerprint density at radius 3 is 3.06 bits per heavy atom. The van der Waals surface area contributed by atoms with Crippen LogP contribution in [0.2, 0.25) is 0 Å². The third-order valence-electron chi connectivity index (χ3n) is 2.12. The maximum absolute atomic E-state index is 13.3. The zero-order chi connectivity index (χ0) is 12.1. The van der Waals surface area contributed by atoms with Gasteiger partial charge in [0.2, 0.25) is 5.95 Å². The largest absolute Gasteiger partial charge is 0.367 e. The molecule has 0 fully saturated rings. The highest BCUT2D eigenvalue weighted by Gasteiger charge is 2.05. The number of nitrogens with one attached hydrogen (secondary N) is 2. The van der Waals surface area contributed by atoms with Gasteiger partial charge in [-0.3, -0.25) is 5.43 Å². The lowest BCUT2D eigenvalue weighted by Gasteiger charge is -2.06. The highest BCUT2D eigenvalue weighted by atomic mass is 32.1. The number of hydrogen-bond donors (Lipinski definition) is 3. The van der Waals surface area contributed by atoms with E-state index in [0.717, 1.165) is 12.6 Å². The first-order chi connectivity index (χ1) is 8.29. The second-order valence-corrected chi connectivity index (χ2v) is 4.32. The van der Waals surface area contributed by atoms with Gasteiger partial charge in [-0.2, -0.15) is 4.98 Å². The number of nitrogen functional groups attached to an aromatic ring is 1. The summed E-state index contributed by atoms with van der Waals surface area (Å²) < 4.78 is 13.3. The van der Waals surface area contributed by atoms with Gasteiger partial charge in [0.1, 0.15) is 0 Å². The van der Waals surface area contributed by atoms with Gasteiger partial charge < -0.3 is 5.32 Å². The molecule has 2 rings (SSSR count). The van der Waals surface area contributed by atoms with Crippen molar-refractivity contribution in [3.63, 3.8) is 0 Å². The molecule has 4 N–H and O–H groups in total. The molecule has 0 atom stereocenters. The zero-order valence-corrected chi connectivity index (χ0v) is 9.80. The van der Waals surface area contributed by atoms with Gasteiger partial charge in [-0.15, -0.1) is 11.3 Å². The number of aromatic nitrogens is 2. The van der Waals surface area contributed by atoms with E-state index in [9.17, 15) is 4.39 Å². The van der Waals surface area contributed by atoms with E-state index in [2.05, 4.69) is 20.7 Å². The van der Waals surface area contributed by atoms with E-state index < -0.39 is 5.82 Å². The van der Waals surface area contributed by atoms with E-state index in [1.807, 2.05) is 17.5 Å². The Balaban J connectivity index is 1.94. The number of hydrazine groups is 1. The topological polar surface area (TPSA) is 75.9 Å². The van der Waals surface area contributed by atoms with E-state index in [-0.39, 0.29) is 11.8 Å². The van der Waals surface area contributed by atoms with Crippen LogP contribution in [0.1, 0.15) is 4.88 Å². The predicted octanol–water partition coefficient (Wildman–Crippen LogP) is 1.62. The minimum atomic E-state index is -0.491. The monoisotopic (exact) mass is 253 g/mol. The van der Waals surface area contributed by atoms with Crippen molar-refractivity contribution in [3.05, 3.63) is 34.4 Å². The number of halogens is 1. The van der Waals surface area contributed by atoms with Crippen molar-refractivity contribution < 1.29 is 4.39 Å². The van der Waals surface area contributed by atoms with Gasteiger partial charge in [0.05, 0.1) is 6.20 Å². The average Bonchev–Trinajstić information content (AvgIpc) is 2.84. The van der Waals surface area contributed by atoms with Crippen LogP contribution in [-0.2, 0) is 6.42 Å². The number of hydrogen-bond acceptors (Lipinski definition) is 6. The van der Waals surface area contributed by atoms with E-state index in [0.29, 0.717) is 6.54 Å². The summed E-state index contributed by atoms with van der Waals surface area (Å²) in [5.41, 5.74) is 2.27. The summed E-state index contributed by atoms with van der Waals surface area (Å²) in [6, 6.07) is 4.03. The molecule has 0 aliphatic rings. The lowest BCUT2D eigenvalue weighted by atomic mass is 10.3. The van der Waals surface area contributed by atoms with Gasteiger partial charge in [-0.1, -0.05) is 6.07 Å². The molecule has 0 unspecified atom stereocenters. The Morgan fingerprint density at radius 2 is 2.35 bits per heavy atom. The first-order valence-electron chi connectivity index (χ1n) is 5.05. The van der Waals surface area contributed by atoms with Crippen molar-refractivity contribution in [2.75, 3.05) is 17.3 Å². The van der Waals surface area contributed by atoms with Crippen molar-refractivity contribution in [2.45, 2.75) is 6.42 Å². The van der Waals surface area contributed by atoms with Gasteiger partial charge in [-0.25, -0.2) is 15.2 Å². The molecular formula is C10H12FN5S. The van der Waals surface area contributed by atoms with Crippen LogP contribution in [0, 0.1) is 5.82 Å². The summed E-state index contributed by atoms with van der Waals surface area (Å²) in [4.78, 5) is 8.77. The molecule has 0 aliphatic heterocycles. The van der Waals surface area contributed by atoms with Gasteiger partial charge in [0.25, 0.3) is 0 Å². The van der Waals surface area contributed by atoms with Gasteiger partial charge in [-0.05, 0) is 17.9 Å². The quantitative estimate of drug-likeness (QED) is 0.557. The van der Waals surface area contributed by atoms with Crippen LogP contribution in [-0.4, -0.2) is 16.5 Å². The van der Waals surface area contributed by atoms with E-state index in [1.165, 1.54) is 4.88 Å². The molecule has 2 heterocycles. The summed E-state index contributed by atoms with van der Waals surface area (Å²) >= 11 is 1.67. The Kier molecular flexibility index (Phi) is 3.84. The Hall–Kier alpha value is -1.73. The predicted molar refractivity (Wildman–Crippen MR) is 66.3 cm³/mol. The molecule has 2 aromatic heterocycles. The second-order valence-electron chi connectivity index (χ2n) is 3.29. The van der Waals surface area contributed by atoms with E-state index >= 15 is 0 Å². The molecule has 90 valence electrons. The van der Waals surface area contributed by atoms with Crippen molar-refractivity contribution in [1.82, 2.24) is 9.97 Å². The van der Waals surface area contributed by atoms with Crippen LogP contribution in [0.4, 0.5) is 16.2 Å². The van der Waals surface area contributed by atoms with Crippen LogP contribution in [0.5, 0.6) is 0 Å².